The molecule has 0 atom stereocenters. The largest absolute Gasteiger partial charge is 1.00 e. The van der Waals surface area contributed by atoms with Crippen molar-refractivity contribution in [2.45, 2.75) is 39.8 Å². The Labute approximate surface area is 133 Å². The molecule has 1 aromatic rings. The van der Waals surface area contributed by atoms with E-state index < -0.39 is 0 Å². The smallest absolute Gasteiger partial charge is 0.499 e. The van der Waals surface area contributed by atoms with Gasteiger partial charge in [-0.15, -0.1) is 0 Å². The van der Waals surface area contributed by atoms with Crippen LogP contribution in [0.1, 0.15) is 33.3 Å². The molecule has 0 N–H and O–H groups in total. The molecule has 0 aromatic heterocycles. The van der Waals surface area contributed by atoms with E-state index >= 15 is 0 Å². The molecule has 0 heterocycles. The first kappa shape index (κ1) is 18.8. The van der Waals surface area contributed by atoms with Crippen LogP contribution in [-0.4, -0.2) is 30.2 Å². The van der Waals surface area contributed by atoms with Crippen LogP contribution < -0.4 is 23.6 Å². The van der Waals surface area contributed by atoms with E-state index in [1.54, 1.807) is 12.0 Å². The van der Waals surface area contributed by atoms with Gasteiger partial charge in [0, 0.05) is 12.1 Å². The maximum atomic E-state index is 12.0. The molecular weight excluding hydrogens is 249 g/mol. The fourth-order valence-electron chi connectivity index (χ4n) is 1.88. The first-order valence-electron chi connectivity index (χ1n) is 6.42. The Hall–Kier alpha value is -1.24. The Bertz CT molecular complexity index is 396. The molecular formula is C15H22LiNO3. The standard InChI is InChI=1S/C15H22NO3.Li/c1-11(2)16(12(3)4)15(17)19-10-13-6-8-14(18-5)9-7-13;/h6-12H,1-5H3;/q-1;+1. The molecule has 5 heteroatoms. The van der Waals surface area contributed by atoms with Crippen LogP contribution >= 0.6 is 0 Å². The van der Waals surface area contributed by atoms with E-state index in [-0.39, 0.29) is 37.0 Å². The molecule has 1 aromatic carbocycles. The number of amides is 1. The molecule has 106 valence electrons. The van der Waals surface area contributed by atoms with Gasteiger partial charge in [-0.25, -0.2) is 4.79 Å². The van der Waals surface area contributed by atoms with Crippen LogP contribution in [0.3, 0.4) is 0 Å². The van der Waals surface area contributed by atoms with E-state index in [1.165, 1.54) is 6.61 Å². The first-order valence-corrected chi connectivity index (χ1v) is 6.42. The van der Waals surface area contributed by atoms with Crippen LogP contribution in [0.2, 0.25) is 0 Å². The number of hydrogen-bond donors (Lipinski definition) is 0. The van der Waals surface area contributed by atoms with Crippen molar-refractivity contribution in [3.63, 3.8) is 0 Å². The Morgan fingerprint density at radius 2 is 1.60 bits per heavy atom. The van der Waals surface area contributed by atoms with Crippen molar-refractivity contribution in [2.24, 2.45) is 0 Å². The topological polar surface area (TPSA) is 38.8 Å². The van der Waals surface area contributed by atoms with Crippen molar-refractivity contribution in [1.29, 1.82) is 0 Å². The fourth-order valence-corrected chi connectivity index (χ4v) is 1.88. The van der Waals surface area contributed by atoms with Crippen LogP contribution in [-0.2, 0) is 4.74 Å². The van der Waals surface area contributed by atoms with E-state index in [9.17, 15) is 4.79 Å². The summed E-state index contributed by atoms with van der Waals surface area (Å²) in [6, 6.07) is 7.53. The third-order valence-corrected chi connectivity index (χ3v) is 2.74. The van der Waals surface area contributed by atoms with E-state index in [0.29, 0.717) is 0 Å². The zero-order valence-electron chi connectivity index (χ0n) is 13.2. The van der Waals surface area contributed by atoms with Gasteiger partial charge in [-0.1, -0.05) is 12.1 Å². The minimum Gasteiger partial charge on any atom is -0.499 e. The van der Waals surface area contributed by atoms with Gasteiger partial charge in [-0.2, -0.15) is 17.7 Å². The SMILES string of the molecule is COc1ccc([CH-]OC(=O)N(C(C)C)C(C)C)cc1.[Li+]. The molecule has 0 saturated carbocycles. The average Bonchev–Trinajstić information content (AvgIpc) is 2.36. The monoisotopic (exact) mass is 271 g/mol. The molecule has 4 nitrogen and oxygen atoms in total. The minimum absolute atomic E-state index is 0. The van der Waals surface area contributed by atoms with Gasteiger partial charge in [0.2, 0.25) is 0 Å². The minimum atomic E-state index is -0.333. The van der Waals surface area contributed by atoms with Crippen LogP contribution in [0.5, 0.6) is 5.75 Å². The quantitative estimate of drug-likeness (QED) is 0.577. The zero-order valence-corrected chi connectivity index (χ0v) is 13.2. The number of carbonyl (C=O) groups excluding carboxylic acids is 1. The molecule has 0 aliphatic carbocycles. The van der Waals surface area contributed by atoms with Crippen LogP contribution in [0, 0.1) is 6.61 Å². The molecule has 1 amide bonds. The van der Waals surface area contributed by atoms with E-state index in [4.69, 9.17) is 9.47 Å². The number of rotatable bonds is 5. The van der Waals surface area contributed by atoms with Gasteiger partial charge in [0.25, 0.3) is 0 Å². The molecule has 0 radical (unpaired) electrons. The summed E-state index contributed by atoms with van der Waals surface area (Å²) in [6.07, 6.45) is -0.333. The number of benzene rings is 1. The third kappa shape index (κ3) is 5.40. The summed E-state index contributed by atoms with van der Waals surface area (Å²) in [5.41, 5.74) is 0.821. The summed E-state index contributed by atoms with van der Waals surface area (Å²) in [4.78, 5) is 13.7. The van der Waals surface area contributed by atoms with Crippen molar-refractivity contribution < 1.29 is 33.1 Å². The number of hydrogen-bond acceptors (Lipinski definition) is 3. The van der Waals surface area contributed by atoms with Crippen LogP contribution in [0.4, 0.5) is 4.79 Å². The molecule has 0 aliphatic rings. The number of ether oxygens (including phenoxy) is 2. The van der Waals surface area contributed by atoms with Crippen LogP contribution in [0.25, 0.3) is 0 Å². The summed E-state index contributed by atoms with van der Waals surface area (Å²) < 4.78 is 10.3. The normalized spacial score (nSPS) is 9.95. The maximum absolute atomic E-state index is 12.0. The van der Waals surface area contributed by atoms with Crippen molar-refractivity contribution in [1.82, 2.24) is 4.90 Å². The van der Waals surface area contributed by atoms with Crippen molar-refractivity contribution >= 4 is 6.09 Å². The number of carbonyl (C=O) groups is 1. The second kappa shape index (κ2) is 8.83. The van der Waals surface area contributed by atoms with Gasteiger partial charge >= 0.3 is 25.0 Å². The van der Waals surface area contributed by atoms with Gasteiger partial charge in [-0.05, 0) is 34.3 Å². The number of methoxy groups -OCH3 is 1. The van der Waals surface area contributed by atoms with E-state index in [1.807, 2.05) is 52.0 Å². The van der Waals surface area contributed by atoms with Gasteiger partial charge in [-0.3, -0.25) is 0 Å². The summed E-state index contributed by atoms with van der Waals surface area (Å²) in [5, 5.41) is 0. The molecule has 0 aliphatic heterocycles. The summed E-state index contributed by atoms with van der Waals surface area (Å²) in [7, 11) is 1.61. The Kier molecular flexibility index (Phi) is 8.29. The predicted molar refractivity (Wildman–Crippen MR) is 75.0 cm³/mol. The predicted octanol–water partition coefficient (Wildman–Crippen LogP) is 0.464. The van der Waals surface area contributed by atoms with E-state index in [0.717, 1.165) is 11.3 Å². The molecule has 1 rings (SSSR count). The van der Waals surface area contributed by atoms with Crippen molar-refractivity contribution in [2.75, 3.05) is 7.11 Å². The van der Waals surface area contributed by atoms with E-state index in [2.05, 4.69) is 0 Å². The molecule has 0 saturated heterocycles. The van der Waals surface area contributed by atoms with Gasteiger partial charge in [0.1, 0.15) is 0 Å². The van der Waals surface area contributed by atoms with Crippen molar-refractivity contribution in [3.8, 4) is 5.75 Å². The Balaban J connectivity index is 0.00000361. The summed E-state index contributed by atoms with van der Waals surface area (Å²) in [6.45, 7) is 9.33. The average molecular weight is 271 g/mol. The second-order valence-corrected chi connectivity index (χ2v) is 4.87. The number of nitrogens with zero attached hydrogens (tertiary/aromatic N) is 1. The first-order chi connectivity index (χ1) is 8.95. The molecule has 0 bridgehead atoms. The molecule has 0 fully saturated rings. The molecule has 20 heavy (non-hydrogen) atoms. The van der Waals surface area contributed by atoms with Crippen molar-refractivity contribution in [3.05, 3.63) is 36.4 Å². The van der Waals surface area contributed by atoms with Gasteiger partial charge in [0.15, 0.2) is 0 Å². The van der Waals surface area contributed by atoms with Crippen LogP contribution in [0.15, 0.2) is 24.3 Å². The second-order valence-electron chi connectivity index (χ2n) is 4.87. The van der Waals surface area contributed by atoms with Gasteiger partial charge < -0.3 is 14.4 Å². The molecule has 0 spiro atoms. The Morgan fingerprint density at radius 3 is 2.00 bits per heavy atom. The summed E-state index contributed by atoms with van der Waals surface area (Å²) >= 11 is 0. The fraction of sp³-hybridized carbons (Fsp3) is 0.467. The Morgan fingerprint density at radius 1 is 1.10 bits per heavy atom. The molecule has 0 unspecified atom stereocenters. The maximum Gasteiger partial charge on any atom is 1.00 e. The van der Waals surface area contributed by atoms with Gasteiger partial charge in [0.05, 0.1) is 12.9 Å². The zero-order chi connectivity index (χ0) is 14.4. The summed E-state index contributed by atoms with van der Waals surface area (Å²) in [5.74, 6) is 0.773. The third-order valence-electron chi connectivity index (χ3n) is 2.74.